The molecular weight excluding hydrogens is 265 g/mol. The molecule has 1 aliphatic carbocycles. The average Bonchev–Trinajstić information content (AvgIpc) is 2.24. The summed E-state index contributed by atoms with van der Waals surface area (Å²) in [5.74, 6) is 0. The van der Waals surface area contributed by atoms with Gasteiger partial charge in [-0.2, -0.15) is 0 Å². The number of carbonyl (C=O) groups excluding carboxylic acids is 1. The quantitative estimate of drug-likeness (QED) is 0.831. The van der Waals surface area contributed by atoms with E-state index < -0.39 is 18.3 Å². The Balaban J connectivity index is 2.84. The Labute approximate surface area is 110 Å². The van der Waals surface area contributed by atoms with E-state index in [1.165, 1.54) is 0 Å². The molecule has 0 radical (unpaired) electrons. The van der Waals surface area contributed by atoms with Crippen LogP contribution in [0.2, 0.25) is 0 Å². The molecule has 6 heteroatoms. The predicted octanol–water partition coefficient (Wildman–Crippen LogP) is 2.63. The number of primary amides is 1. The van der Waals surface area contributed by atoms with Crippen LogP contribution in [-0.4, -0.2) is 23.4 Å². The Kier molecular flexibility index (Phi) is 5.31. The Morgan fingerprint density at radius 2 is 2.24 bits per heavy atom. The van der Waals surface area contributed by atoms with Gasteiger partial charge < -0.3 is 15.6 Å². The largest absolute Gasteiger partial charge is 0.443 e. The van der Waals surface area contributed by atoms with Crippen molar-refractivity contribution < 1.29 is 14.6 Å². The molecule has 0 aromatic heterocycles. The molecular formula is C11H15Cl2NO3. The molecule has 1 rings (SSSR count). The van der Waals surface area contributed by atoms with E-state index in [9.17, 15) is 9.90 Å². The van der Waals surface area contributed by atoms with Crippen molar-refractivity contribution in [2.24, 2.45) is 5.73 Å². The second-order valence-corrected chi connectivity index (χ2v) is 4.69. The molecule has 0 spiro atoms. The summed E-state index contributed by atoms with van der Waals surface area (Å²) in [5, 5.41) is 11.1. The molecule has 2 atom stereocenters. The van der Waals surface area contributed by atoms with E-state index >= 15 is 0 Å². The number of hydrogen-bond donors (Lipinski definition) is 2. The zero-order valence-electron chi connectivity index (χ0n) is 9.45. The Bertz CT molecular complexity index is 366. The van der Waals surface area contributed by atoms with Crippen molar-refractivity contribution in [2.45, 2.75) is 38.4 Å². The van der Waals surface area contributed by atoms with Gasteiger partial charge in [0.15, 0.2) is 0 Å². The standard InChI is InChI=1S/C11H15Cl2NO3/c1-2-9(17-11(14)16)10(15)7-4-3-6(12)5-8(7)13/h5,9-10,15H,2-4H2,1H3,(H2,14,16). The minimum atomic E-state index is -0.944. The highest BCUT2D eigenvalue weighted by atomic mass is 35.5. The number of amides is 1. The monoisotopic (exact) mass is 279 g/mol. The first-order chi connectivity index (χ1) is 7.95. The van der Waals surface area contributed by atoms with Crippen molar-refractivity contribution >= 4 is 29.3 Å². The molecule has 0 aliphatic heterocycles. The summed E-state index contributed by atoms with van der Waals surface area (Å²) in [5.41, 5.74) is 5.57. The van der Waals surface area contributed by atoms with E-state index in [2.05, 4.69) is 0 Å². The fraction of sp³-hybridized carbons (Fsp3) is 0.545. The second-order valence-electron chi connectivity index (χ2n) is 3.79. The molecule has 0 bridgehead atoms. The van der Waals surface area contributed by atoms with E-state index in [0.717, 1.165) is 0 Å². The van der Waals surface area contributed by atoms with Crippen molar-refractivity contribution in [1.82, 2.24) is 0 Å². The summed E-state index contributed by atoms with van der Waals surface area (Å²) in [6, 6.07) is 0. The average molecular weight is 280 g/mol. The van der Waals surface area contributed by atoms with Crippen LogP contribution in [0.15, 0.2) is 21.7 Å². The number of allylic oxidation sites excluding steroid dienone is 3. The highest BCUT2D eigenvalue weighted by Gasteiger charge is 2.27. The van der Waals surface area contributed by atoms with Gasteiger partial charge in [0.05, 0.1) is 0 Å². The predicted molar refractivity (Wildman–Crippen MR) is 66.8 cm³/mol. The maximum Gasteiger partial charge on any atom is 0.404 e. The van der Waals surface area contributed by atoms with Crippen LogP contribution in [0.5, 0.6) is 0 Å². The van der Waals surface area contributed by atoms with Gasteiger partial charge in [-0.3, -0.25) is 0 Å². The molecule has 1 aliphatic rings. The van der Waals surface area contributed by atoms with Crippen molar-refractivity contribution in [3.8, 4) is 0 Å². The van der Waals surface area contributed by atoms with Gasteiger partial charge in [-0.25, -0.2) is 4.79 Å². The molecule has 0 saturated carbocycles. The summed E-state index contributed by atoms with van der Waals surface area (Å²) in [6.45, 7) is 1.79. The first-order valence-corrected chi connectivity index (χ1v) is 6.10. The maximum absolute atomic E-state index is 10.7. The summed E-state index contributed by atoms with van der Waals surface area (Å²) >= 11 is 11.8. The Morgan fingerprint density at radius 1 is 1.59 bits per heavy atom. The van der Waals surface area contributed by atoms with Gasteiger partial charge in [0, 0.05) is 10.1 Å². The molecule has 0 aromatic rings. The lowest BCUT2D eigenvalue weighted by molar-refractivity contribution is 0.0209. The fourth-order valence-corrected chi connectivity index (χ4v) is 2.31. The van der Waals surface area contributed by atoms with Crippen molar-refractivity contribution in [3.05, 3.63) is 21.7 Å². The molecule has 96 valence electrons. The van der Waals surface area contributed by atoms with Crippen molar-refractivity contribution in [1.29, 1.82) is 0 Å². The molecule has 0 aromatic carbocycles. The first kappa shape index (κ1) is 14.4. The number of rotatable bonds is 4. The highest BCUT2D eigenvalue weighted by molar-refractivity contribution is 6.35. The number of nitrogens with two attached hydrogens (primary N) is 1. The summed E-state index contributed by atoms with van der Waals surface area (Å²) in [6.07, 6.45) is 0.697. The van der Waals surface area contributed by atoms with E-state index in [0.29, 0.717) is 34.9 Å². The minimum absolute atomic E-state index is 0.403. The molecule has 0 saturated heterocycles. The molecule has 3 N–H and O–H groups in total. The van der Waals surface area contributed by atoms with E-state index in [-0.39, 0.29) is 0 Å². The van der Waals surface area contributed by atoms with Crippen LogP contribution in [0.25, 0.3) is 0 Å². The molecule has 17 heavy (non-hydrogen) atoms. The molecule has 2 unspecified atom stereocenters. The number of aliphatic hydroxyl groups excluding tert-OH is 1. The third-order valence-electron chi connectivity index (χ3n) is 2.60. The van der Waals surface area contributed by atoms with Crippen LogP contribution in [0.1, 0.15) is 26.2 Å². The van der Waals surface area contributed by atoms with Crippen LogP contribution >= 0.6 is 23.2 Å². The number of aliphatic hydroxyl groups is 1. The maximum atomic E-state index is 10.7. The van der Waals surface area contributed by atoms with Crippen LogP contribution in [0.4, 0.5) is 4.79 Å². The number of hydrogen-bond acceptors (Lipinski definition) is 3. The number of ether oxygens (including phenoxy) is 1. The van der Waals surface area contributed by atoms with Gasteiger partial charge in [0.1, 0.15) is 12.2 Å². The first-order valence-electron chi connectivity index (χ1n) is 5.34. The van der Waals surface area contributed by atoms with Crippen LogP contribution in [-0.2, 0) is 4.74 Å². The minimum Gasteiger partial charge on any atom is -0.443 e. The molecule has 0 heterocycles. The SMILES string of the molecule is CCC(OC(N)=O)C(O)C1=C(Cl)C=C(Cl)CC1. The zero-order valence-corrected chi connectivity index (χ0v) is 11.0. The third kappa shape index (κ3) is 3.91. The second kappa shape index (κ2) is 6.28. The zero-order chi connectivity index (χ0) is 13.0. The smallest absolute Gasteiger partial charge is 0.404 e. The topological polar surface area (TPSA) is 72.5 Å². The summed E-state index contributed by atoms with van der Waals surface area (Å²) in [4.78, 5) is 10.7. The number of carbonyl (C=O) groups is 1. The van der Waals surface area contributed by atoms with Gasteiger partial charge in [-0.15, -0.1) is 0 Å². The van der Waals surface area contributed by atoms with Crippen molar-refractivity contribution in [3.63, 3.8) is 0 Å². The lowest BCUT2D eigenvalue weighted by Crippen LogP contribution is -2.34. The van der Waals surface area contributed by atoms with E-state index in [4.69, 9.17) is 33.7 Å². The van der Waals surface area contributed by atoms with Crippen molar-refractivity contribution in [2.75, 3.05) is 0 Å². The summed E-state index contributed by atoms with van der Waals surface area (Å²) < 4.78 is 4.83. The van der Waals surface area contributed by atoms with Gasteiger partial charge in [-0.05, 0) is 30.9 Å². The van der Waals surface area contributed by atoms with E-state index in [1.807, 2.05) is 0 Å². The fourth-order valence-electron chi connectivity index (χ4n) is 1.71. The van der Waals surface area contributed by atoms with Gasteiger partial charge in [-0.1, -0.05) is 30.1 Å². The highest BCUT2D eigenvalue weighted by Crippen LogP contribution is 2.32. The molecule has 0 fully saturated rings. The molecule has 1 amide bonds. The Hall–Kier alpha value is -0.710. The van der Waals surface area contributed by atoms with Crippen LogP contribution in [0, 0.1) is 0 Å². The lowest BCUT2D eigenvalue weighted by atomic mass is 9.95. The van der Waals surface area contributed by atoms with Crippen LogP contribution in [0.3, 0.4) is 0 Å². The number of halogens is 2. The van der Waals surface area contributed by atoms with Crippen LogP contribution < -0.4 is 5.73 Å². The third-order valence-corrected chi connectivity index (χ3v) is 3.25. The van der Waals surface area contributed by atoms with Gasteiger partial charge in [0.25, 0.3) is 0 Å². The Morgan fingerprint density at radius 3 is 2.71 bits per heavy atom. The molecule has 4 nitrogen and oxygen atoms in total. The van der Waals surface area contributed by atoms with E-state index in [1.54, 1.807) is 13.0 Å². The lowest BCUT2D eigenvalue weighted by Gasteiger charge is -2.25. The van der Waals surface area contributed by atoms with Gasteiger partial charge >= 0.3 is 6.09 Å². The van der Waals surface area contributed by atoms with Gasteiger partial charge in [0.2, 0.25) is 0 Å². The normalized spacial score (nSPS) is 19.6. The summed E-state index contributed by atoms with van der Waals surface area (Å²) in [7, 11) is 0.